The van der Waals surface area contributed by atoms with Crippen molar-refractivity contribution in [2.75, 3.05) is 4.72 Å². The quantitative estimate of drug-likeness (QED) is 0.673. The van der Waals surface area contributed by atoms with E-state index in [0.29, 0.717) is 11.5 Å². The highest BCUT2D eigenvalue weighted by molar-refractivity contribution is 9.10. The summed E-state index contributed by atoms with van der Waals surface area (Å²) < 4.78 is 43.5. The van der Waals surface area contributed by atoms with Crippen LogP contribution in [0.15, 0.2) is 39.8 Å². The van der Waals surface area contributed by atoms with Crippen LogP contribution in [0.1, 0.15) is 31.2 Å². The van der Waals surface area contributed by atoms with E-state index in [1.54, 1.807) is 22.7 Å². The van der Waals surface area contributed by atoms with Gasteiger partial charge in [-0.05, 0) is 40.2 Å². The van der Waals surface area contributed by atoms with Gasteiger partial charge in [0.1, 0.15) is 22.6 Å². The van der Waals surface area contributed by atoms with Crippen LogP contribution in [0.25, 0.3) is 5.65 Å². The third-order valence-corrected chi connectivity index (χ3v) is 5.68. The number of nitriles is 1. The Morgan fingerprint density at radius 2 is 2.04 bits per heavy atom. The number of rotatable bonds is 4. The molecule has 0 spiro atoms. The molecule has 0 bridgehead atoms. The highest BCUT2D eigenvalue weighted by Gasteiger charge is 2.22. The van der Waals surface area contributed by atoms with E-state index in [0.717, 1.165) is 12.1 Å². The number of nitrogens with zero attached hydrogens (tertiary/aromatic N) is 4. The number of benzene rings is 1. The lowest BCUT2D eigenvalue weighted by Gasteiger charge is -2.11. The number of hydrogen-bond donors (Lipinski definition) is 1. The molecule has 3 rings (SSSR count). The van der Waals surface area contributed by atoms with Gasteiger partial charge in [-0.3, -0.25) is 9.12 Å². The lowest BCUT2D eigenvalue weighted by Crippen LogP contribution is -2.15. The molecule has 2 heterocycles. The predicted octanol–water partition coefficient (Wildman–Crippen LogP) is 3.43. The van der Waals surface area contributed by atoms with Crippen LogP contribution in [0.2, 0.25) is 0 Å². The summed E-state index contributed by atoms with van der Waals surface area (Å²) in [6.07, 6.45) is 1.54. The first-order chi connectivity index (χ1) is 12.2. The third-order valence-electron chi connectivity index (χ3n) is 3.63. The number of sulfonamides is 1. The first-order valence-corrected chi connectivity index (χ1v) is 9.77. The van der Waals surface area contributed by atoms with Crippen LogP contribution in [0, 0.1) is 17.1 Å². The predicted molar refractivity (Wildman–Crippen MR) is 96.7 cm³/mol. The van der Waals surface area contributed by atoms with Gasteiger partial charge in [-0.1, -0.05) is 13.8 Å². The van der Waals surface area contributed by atoms with Gasteiger partial charge < -0.3 is 0 Å². The van der Waals surface area contributed by atoms with Crippen molar-refractivity contribution in [2.45, 2.75) is 24.7 Å². The summed E-state index contributed by atoms with van der Waals surface area (Å²) >= 11 is 3.07. The topological polar surface area (TPSA) is 100 Å². The molecule has 0 aliphatic rings. The van der Waals surface area contributed by atoms with E-state index >= 15 is 0 Å². The van der Waals surface area contributed by atoms with E-state index in [-0.39, 0.29) is 21.6 Å². The van der Waals surface area contributed by atoms with Gasteiger partial charge in [-0.25, -0.2) is 12.8 Å². The summed E-state index contributed by atoms with van der Waals surface area (Å²) in [7, 11) is -4.19. The van der Waals surface area contributed by atoms with Crippen molar-refractivity contribution < 1.29 is 12.8 Å². The van der Waals surface area contributed by atoms with Crippen LogP contribution in [0.4, 0.5) is 10.1 Å². The maximum absolute atomic E-state index is 14.2. The summed E-state index contributed by atoms with van der Waals surface area (Å²) in [6.45, 7) is 3.88. The monoisotopic (exact) mass is 437 g/mol. The van der Waals surface area contributed by atoms with E-state index < -0.39 is 20.7 Å². The molecule has 3 aromatic rings. The maximum Gasteiger partial charge on any atom is 0.264 e. The van der Waals surface area contributed by atoms with Crippen LogP contribution in [0.3, 0.4) is 0 Å². The average Bonchev–Trinajstić information content (AvgIpc) is 2.99. The Balaban J connectivity index is 2.03. The summed E-state index contributed by atoms with van der Waals surface area (Å²) in [5.74, 6) is -0.248. The zero-order valence-electron chi connectivity index (χ0n) is 13.7. The van der Waals surface area contributed by atoms with Crippen molar-refractivity contribution in [1.82, 2.24) is 14.6 Å². The van der Waals surface area contributed by atoms with E-state index in [9.17, 15) is 12.8 Å². The minimum Gasteiger partial charge on any atom is -0.284 e. The molecule has 10 heteroatoms. The van der Waals surface area contributed by atoms with Gasteiger partial charge in [0.25, 0.3) is 10.0 Å². The molecule has 0 saturated carbocycles. The van der Waals surface area contributed by atoms with Crippen molar-refractivity contribution in [1.29, 1.82) is 5.26 Å². The fourth-order valence-corrected chi connectivity index (χ4v) is 4.11. The number of nitrogens with one attached hydrogen (secondary N) is 1. The fraction of sp³-hybridized carbons (Fsp3) is 0.188. The number of aromatic nitrogens is 3. The van der Waals surface area contributed by atoms with E-state index in [1.165, 1.54) is 6.07 Å². The second-order valence-electron chi connectivity index (χ2n) is 5.84. The van der Waals surface area contributed by atoms with Gasteiger partial charge in [0, 0.05) is 16.6 Å². The van der Waals surface area contributed by atoms with Gasteiger partial charge in [0.15, 0.2) is 5.65 Å². The molecule has 0 aliphatic carbocycles. The SMILES string of the molecule is CC(C)c1nnc2ccc(NS(=O)(=O)c3cc(Br)c(C#N)cc3F)cn12. The lowest BCUT2D eigenvalue weighted by atomic mass is 10.2. The zero-order chi connectivity index (χ0) is 19.1. The Morgan fingerprint density at radius 3 is 2.69 bits per heavy atom. The van der Waals surface area contributed by atoms with Gasteiger partial charge in [0.05, 0.1) is 11.3 Å². The number of fused-ring (bicyclic) bond motifs is 1. The number of pyridine rings is 1. The van der Waals surface area contributed by atoms with Gasteiger partial charge >= 0.3 is 0 Å². The Labute approximate surface area is 157 Å². The Bertz CT molecular complexity index is 1150. The molecule has 1 N–H and O–H groups in total. The second kappa shape index (κ2) is 6.66. The minimum atomic E-state index is -4.19. The Morgan fingerprint density at radius 1 is 1.31 bits per heavy atom. The molecule has 0 fully saturated rings. The van der Waals surface area contributed by atoms with Crippen molar-refractivity contribution in [2.24, 2.45) is 0 Å². The molecule has 2 aromatic heterocycles. The van der Waals surface area contributed by atoms with Crippen molar-refractivity contribution in [3.8, 4) is 6.07 Å². The number of hydrogen-bond acceptors (Lipinski definition) is 5. The van der Waals surface area contributed by atoms with Crippen LogP contribution in [-0.2, 0) is 10.0 Å². The summed E-state index contributed by atoms with van der Waals surface area (Å²) in [5.41, 5.74) is 0.817. The Hall–Kier alpha value is -2.51. The van der Waals surface area contributed by atoms with E-state index in [4.69, 9.17) is 5.26 Å². The van der Waals surface area contributed by atoms with Crippen LogP contribution in [0.5, 0.6) is 0 Å². The average molecular weight is 438 g/mol. The molecule has 0 radical (unpaired) electrons. The molecule has 0 saturated heterocycles. The largest absolute Gasteiger partial charge is 0.284 e. The number of anilines is 1. The molecule has 0 unspecified atom stereocenters. The first-order valence-electron chi connectivity index (χ1n) is 7.49. The molecular weight excluding hydrogens is 425 g/mol. The summed E-state index contributed by atoms with van der Waals surface area (Å²) in [5, 5.41) is 17.0. The van der Waals surface area contributed by atoms with Crippen molar-refractivity contribution >= 4 is 37.3 Å². The third kappa shape index (κ3) is 3.27. The number of halogens is 2. The highest BCUT2D eigenvalue weighted by Crippen LogP contribution is 2.26. The molecule has 0 aliphatic heterocycles. The molecule has 1 aromatic carbocycles. The molecule has 0 atom stereocenters. The van der Waals surface area contributed by atoms with Gasteiger partial charge in [-0.15, -0.1) is 10.2 Å². The molecule has 134 valence electrons. The standard InChI is InChI=1S/C16H13BrFN5O2S/c1-9(2)16-21-20-15-4-3-11(8-23(15)16)22-26(24,25)14-6-12(17)10(7-19)5-13(14)18/h3-6,8-9,22H,1-2H3. The van der Waals surface area contributed by atoms with Crippen molar-refractivity contribution in [3.05, 3.63) is 52.1 Å². The normalized spacial score (nSPS) is 11.7. The smallest absolute Gasteiger partial charge is 0.264 e. The Kier molecular flexibility index (Phi) is 4.68. The van der Waals surface area contributed by atoms with Crippen molar-refractivity contribution in [3.63, 3.8) is 0 Å². The molecule has 0 amide bonds. The minimum absolute atomic E-state index is 0.00827. The maximum atomic E-state index is 14.2. The molecule has 7 nitrogen and oxygen atoms in total. The zero-order valence-corrected chi connectivity index (χ0v) is 16.1. The van der Waals surface area contributed by atoms with Gasteiger partial charge in [0.2, 0.25) is 0 Å². The summed E-state index contributed by atoms with van der Waals surface area (Å²) in [4.78, 5) is -0.559. The van der Waals surface area contributed by atoms with E-state index in [2.05, 4.69) is 30.8 Å². The lowest BCUT2D eigenvalue weighted by molar-refractivity contribution is 0.569. The summed E-state index contributed by atoms with van der Waals surface area (Å²) in [6, 6.07) is 6.84. The molecule has 26 heavy (non-hydrogen) atoms. The van der Waals surface area contributed by atoms with Crippen LogP contribution >= 0.6 is 15.9 Å². The fourth-order valence-electron chi connectivity index (χ4n) is 2.39. The second-order valence-corrected chi connectivity index (χ2v) is 8.34. The van der Waals surface area contributed by atoms with E-state index in [1.807, 2.05) is 13.8 Å². The van der Waals surface area contributed by atoms with Gasteiger partial charge in [-0.2, -0.15) is 5.26 Å². The molecular formula is C16H13BrFN5O2S. The first kappa shape index (κ1) is 18.3. The highest BCUT2D eigenvalue weighted by atomic mass is 79.9. The van der Waals surface area contributed by atoms with Crippen LogP contribution in [-0.4, -0.2) is 23.0 Å². The van der Waals surface area contributed by atoms with Crippen LogP contribution < -0.4 is 4.72 Å².